The first-order valence-corrected chi connectivity index (χ1v) is 17.9. The number of thiophene rings is 2. The van der Waals surface area contributed by atoms with Crippen LogP contribution >= 0.6 is 22.7 Å². The molecular weight excluding hydrogens is 637 g/mol. The number of hydrogen-bond acceptors (Lipinski definition) is 5. The van der Waals surface area contributed by atoms with Gasteiger partial charge in [-0.3, -0.25) is 4.57 Å². The van der Waals surface area contributed by atoms with Crippen LogP contribution in [0, 0.1) is 0 Å². The molecule has 4 nitrogen and oxygen atoms in total. The largest absolute Gasteiger partial charge is 0.277 e. The minimum absolute atomic E-state index is 0.667. The molecule has 6 heteroatoms. The second kappa shape index (κ2) is 10.3. The maximum atomic E-state index is 5.46. The van der Waals surface area contributed by atoms with Crippen molar-refractivity contribution in [3.05, 3.63) is 146 Å². The van der Waals surface area contributed by atoms with Crippen LogP contribution in [0.5, 0.6) is 0 Å². The Kier molecular flexibility index (Phi) is 5.67. The number of pyridine rings is 1. The van der Waals surface area contributed by atoms with Crippen LogP contribution in [0.2, 0.25) is 0 Å². The van der Waals surface area contributed by atoms with E-state index in [1.54, 1.807) is 11.3 Å². The topological polar surface area (TPSA) is 43.6 Å². The van der Waals surface area contributed by atoms with Crippen molar-refractivity contribution >= 4 is 95.9 Å². The van der Waals surface area contributed by atoms with Gasteiger partial charge in [-0.25, -0.2) is 15.0 Å². The number of hydrogen-bond donors (Lipinski definition) is 0. The summed E-state index contributed by atoms with van der Waals surface area (Å²) in [5.41, 5.74) is 7.50. The molecule has 49 heavy (non-hydrogen) atoms. The highest BCUT2D eigenvalue weighted by molar-refractivity contribution is 7.33. The molecule has 11 aromatic rings. The first kappa shape index (κ1) is 27.0. The van der Waals surface area contributed by atoms with E-state index in [1.807, 2.05) is 17.5 Å². The third kappa shape index (κ3) is 3.87. The minimum atomic E-state index is 0.667. The third-order valence-electron chi connectivity index (χ3n) is 9.69. The minimum Gasteiger partial charge on any atom is -0.277 e. The van der Waals surface area contributed by atoms with E-state index in [0.717, 1.165) is 38.0 Å². The zero-order valence-electron chi connectivity index (χ0n) is 26.0. The lowest BCUT2D eigenvalue weighted by Gasteiger charge is -2.13. The lowest BCUT2D eigenvalue weighted by Crippen LogP contribution is -2.03. The van der Waals surface area contributed by atoms with Crippen molar-refractivity contribution in [3.63, 3.8) is 0 Å². The maximum Gasteiger partial charge on any atom is 0.235 e. The molecule has 0 bridgehead atoms. The SMILES string of the molecule is c1ccc(-c2ccc(-c3nc(-n4c5ccccc5c5c6c7cccnc7sc6c6sc7ccccc7c6c54)nc4ccccc34)cc2)cc1. The van der Waals surface area contributed by atoms with Gasteiger partial charge >= 0.3 is 0 Å². The number of rotatable bonds is 3. The summed E-state index contributed by atoms with van der Waals surface area (Å²) in [6.45, 7) is 0. The van der Waals surface area contributed by atoms with E-state index in [1.165, 1.54) is 57.5 Å². The van der Waals surface area contributed by atoms with Gasteiger partial charge in [0.25, 0.3) is 0 Å². The summed E-state index contributed by atoms with van der Waals surface area (Å²) in [5.74, 6) is 0.667. The molecule has 0 radical (unpaired) electrons. The fourth-order valence-corrected chi connectivity index (χ4v) is 10.0. The lowest BCUT2D eigenvalue weighted by molar-refractivity contribution is 1.02. The van der Waals surface area contributed by atoms with E-state index in [4.69, 9.17) is 15.0 Å². The molecule has 0 N–H and O–H groups in total. The van der Waals surface area contributed by atoms with Crippen LogP contribution in [0.3, 0.4) is 0 Å². The maximum absolute atomic E-state index is 5.46. The van der Waals surface area contributed by atoms with Gasteiger partial charge in [-0.15, -0.1) is 22.7 Å². The molecule has 0 atom stereocenters. The number of benzene rings is 6. The van der Waals surface area contributed by atoms with Gasteiger partial charge in [0.1, 0.15) is 4.83 Å². The Labute approximate surface area is 288 Å². The molecule has 0 aliphatic rings. The van der Waals surface area contributed by atoms with Gasteiger partial charge in [-0.2, -0.15) is 0 Å². The monoisotopic (exact) mass is 660 g/mol. The molecule has 0 fully saturated rings. The van der Waals surface area contributed by atoms with Crippen molar-refractivity contribution in [3.8, 4) is 28.3 Å². The summed E-state index contributed by atoms with van der Waals surface area (Å²) in [7, 11) is 0. The van der Waals surface area contributed by atoms with Crippen molar-refractivity contribution in [2.45, 2.75) is 0 Å². The standard InChI is InChI=1S/C43H24N4S2/c1-2-11-25(12-3-1)26-20-22-27(23-21-26)38-28-13-4-7-17-32(28)45-43(46-38)47-33-18-8-5-14-29(33)35-36-31-16-10-24-44-42(31)49-40(36)41-37(39(35)47)30-15-6-9-19-34(30)48-41/h1-24H. The van der Waals surface area contributed by atoms with E-state index in [9.17, 15) is 0 Å². The molecule has 0 saturated heterocycles. The molecule has 6 aromatic carbocycles. The second-order valence-corrected chi connectivity index (χ2v) is 14.4. The van der Waals surface area contributed by atoms with Gasteiger partial charge in [0.05, 0.1) is 31.6 Å². The van der Waals surface area contributed by atoms with Gasteiger partial charge in [-0.1, -0.05) is 109 Å². The predicted molar refractivity (Wildman–Crippen MR) is 208 cm³/mol. The van der Waals surface area contributed by atoms with E-state index >= 15 is 0 Å². The summed E-state index contributed by atoms with van der Waals surface area (Å²) in [6, 6.07) is 49.4. The van der Waals surface area contributed by atoms with E-state index in [-0.39, 0.29) is 0 Å². The van der Waals surface area contributed by atoms with Crippen LogP contribution < -0.4 is 0 Å². The van der Waals surface area contributed by atoms with E-state index < -0.39 is 0 Å². The Balaban J connectivity index is 1.29. The summed E-state index contributed by atoms with van der Waals surface area (Å²) in [6.07, 6.45) is 1.90. The first-order chi connectivity index (χ1) is 24.3. The highest BCUT2D eigenvalue weighted by atomic mass is 32.1. The van der Waals surface area contributed by atoms with Crippen LogP contribution in [-0.4, -0.2) is 19.5 Å². The molecule has 0 amide bonds. The fourth-order valence-electron chi connectivity index (χ4n) is 7.55. The summed E-state index contributed by atoms with van der Waals surface area (Å²) >= 11 is 3.66. The molecule has 0 saturated carbocycles. The van der Waals surface area contributed by atoms with Crippen molar-refractivity contribution in [1.29, 1.82) is 0 Å². The smallest absolute Gasteiger partial charge is 0.235 e. The lowest BCUT2D eigenvalue weighted by atomic mass is 10.0. The molecule has 11 rings (SSSR count). The van der Waals surface area contributed by atoms with Gasteiger partial charge in [-0.05, 0) is 41.5 Å². The molecular formula is C43H24N4S2. The number of fused-ring (bicyclic) bond motifs is 13. The number of para-hydroxylation sites is 2. The van der Waals surface area contributed by atoms with Crippen molar-refractivity contribution in [1.82, 2.24) is 19.5 Å². The van der Waals surface area contributed by atoms with Crippen LogP contribution in [-0.2, 0) is 0 Å². The number of nitrogens with zero attached hydrogens (tertiary/aromatic N) is 4. The van der Waals surface area contributed by atoms with E-state index in [0.29, 0.717) is 5.95 Å². The van der Waals surface area contributed by atoms with Crippen LogP contribution in [0.15, 0.2) is 146 Å². The van der Waals surface area contributed by atoms with Gasteiger partial charge in [0, 0.05) is 54.2 Å². The predicted octanol–water partition coefficient (Wildman–Crippen LogP) is 12.2. The number of aromatic nitrogens is 4. The average Bonchev–Trinajstić information content (AvgIpc) is 3.85. The fraction of sp³-hybridized carbons (Fsp3) is 0. The van der Waals surface area contributed by atoms with E-state index in [2.05, 4.69) is 144 Å². The Morgan fingerprint density at radius 2 is 1.14 bits per heavy atom. The highest BCUT2D eigenvalue weighted by Gasteiger charge is 2.26. The first-order valence-electron chi connectivity index (χ1n) is 16.3. The van der Waals surface area contributed by atoms with Gasteiger partial charge in [0.2, 0.25) is 5.95 Å². The Morgan fingerprint density at radius 1 is 0.469 bits per heavy atom. The normalized spacial score (nSPS) is 12.1. The van der Waals surface area contributed by atoms with Gasteiger partial charge < -0.3 is 0 Å². The van der Waals surface area contributed by atoms with Crippen molar-refractivity contribution < 1.29 is 0 Å². The average molecular weight is 661 g/mol. The third-order valence-corrected chi connectivity index (χ3v) is 12.1. The summed E-state index contributed by atoms with van der Waals surface area (Å²) in [4.78, 5) is 16.7. The molecule has 5 heterocycles. The van der Waals surface area contributed by atoms with Crippen LogP contribution in [0.1, 0.15) is 0 Å². The summed E-state index contributed by atoms with van der Waals surface area (Å²) < 4.78 is 6.17. The molecule has 0 aliphatic heterocycles. The molecule has 0 aliphatic carbocycles. The van der Waals surface area contributed by atoms with Crippen LogP contribution in [0.25, 0.3) is 102 Å². The highest BCUT2D eigenvalue weighted by Crippen LogP contribution is 2.51. The zero-order chi connectivity index (χ0) is 32.1. The van der Waals surface area contributed by atoms with Crippen LogP contribution in [0.4, 0.5) is 0 Å². The van der Waals surface area contributed by atoms with Crippen molar-refractivity contribution in [2.75, 3.05) is 0 Å². The molecule has 0 spiro atoms. The molecule has 0 unspecified atom stereocenters. The van der Waals surface area contributed by atoms with Gasteiger partial charge in [0.15, 0.2) is 0 Å². The molecule has 228 valence electrons. The molecule has 5 aromatic heterocycles. The zero-order valence-corrected chi connectivity index (χ0v) is 27.6. The second-order valence-electron chi connectivity index (χ2n) is 12.4. The Morgan fingerprint density at radius 3 is 2.02 bits per heavy atom. The van der Waals surface area contributed by atoms with Crippen molar-refractivity contribution in [2.24, 2.45) is 0 Å². The quantitative estimate of drug-likeness (QED) is 0.189. The Bertz CT molecular complexity index is 3100. The summed E-state index contributed by atoms with van der Waals surface area (Å²) in [5, 5.41) is 8.39. The Hall–Kier alpha value is -5.95.